The molecule has 1 atom stereocenters. The van der Waals surface area contributed by atoms with Crippen molar-refractivity contribution in [2.75, 3.05) is 37.4 Å². The quantitative estimate of drug-likeness (QED) is 0.892. The minimum absolute atomic E-state index is 0.662. The maximum Gasteiger partial charge on any atom is 0.142 e. The summed E-state index contributed by atoms with van der Waals surface area (Å²) in [6, 6.07) is 0. The first-order valence-corrected chi connectivity index (χ1v) is 7.06. The molecule has 2 fully saturated rings. The summed E-state index contributed by atoms with van der Waals surface area (Å²) >= 11 is 1.57. The van der Waals surface area contributed by atoms with Crippen LogP contribution in [0.3, 0.4) is 0 Å². The van der Waals surface area contributed by atoms with Crippen LogP contribution < -0.4 is 10.6 Å². The molecule has 17 heavy (non-hydrogen) atoms. The molecule has 94 valence electrons. The Labute approximate surface area is 106 Å². The maximum atomic E-state index is 5.99. The third-order valence-corrected chi connectivity index (χ3v) is 4.64. The van der Waals surface area contributed by atoms with Crippen LogP contribution in [0.5, 0.6) is 0 Å². The van der Waals surface area contributed by atoms with E-state index in [4.69, 9.17) is 10.5 Å². The smallest absolute Gasteiger partial charge is 0.142 e. The van der Waals surface area contributed by atoms with Gasteiger partial charge in [0.05, 0.1) is 6.61 Å². The van der Waals surface area contributed by atoms with E-state index in [-0.39, 0.29) is 0 Å². The highest BCUT2D eigenvalue weighted by atomic mass is 32.1. The molecule has 3 rings (SSSR count). The molecule has 0 spiro atoms. The van der Waals surface area contributed by atoms with E-state index in [9.17, 15) is 0 Å². The molecule has 0 radical (unpaired) electrons. The number of anilines is 2. The largest absolute Gasteiger partial charge is 0.384 e. The van der Waals surface area contributed by atoms with Crippen molar-refractivity contribution in [2.45, 2.75) is 25.2 Å². The molecule has 1 aliphatic heterocycles. The van der Waals surface area contributed by atoms with E-state index < -0.39 is 0 Å². The highest BCUT2D eigenvalue weighted by molar-refractivity contribution is 7.10. The van der Waals surface area contributed by atoms with Crippen molar-refractivity contribution in [1.82, 2.24) is 4.37 Å². The van der Waals surface area contributed by atoms with Gasteiger partial charge in [-0.15, -0.1) is 0 Å². The standard InChI is InChI=1S/C12H19N3OS/c1-16-7-8-4-5-15(6-8)12-10(9-2-3-9)11(13)14-17-12/h8-9H,2-7H2,1H3,(H2,13,14). The van der Waals surface area contributed by atoms with Crippen LogP contribution in [0.1, 0.15) is 30.7 Å². The van der Waals surface area contributed by atoms with Gasteiger partial charge in [-0.25, -0.2) is 0 Å². The third-order valence-electron chi connectivity index (χ3n) is 3.70. The first kappa shape index (κ1) is 11.3. The average Bonchev–Trinajstić information content (AvgIpc) is 2.92. The zero-order valence-corrected chi connectivity index (χ0v) is 11.0. The van der Waals surface area contributed by atoms with Crippen molar-refractivity contribution in [1.29, 1.82) is 0 Å². The molecule has 2 heterocycles. The normalized spacial score (nSPS) is 24.5. The van der Waals surface area contributed by atoms with Crippen molar-refractivity contribution in [3.8, 4) is 0 Å². The molecule has 1 saturated carbocycles. The summed E-state index contributed by atoms with van der Waals surface area (Å²) in [5.41, 5.74) is 7.32. The van der Waals surface area contributed by atoms with Gasteiger partial charge in [0.15, 0.2) is 0 Å². The second-order valence-electron chi connectivity index (χ2n) is 5.12. The minimum Gasteiger partial charge on any atom is -0.384 e. The Morgan fingerprint density at radius 3 is 3.00 bits per heavy atom. The van der Waals surface area contributed by atoms with Crippen LogP contribution in [0.2, 0.25) is 0 Å². The number of nitrogen functional groups attached to an aromatic ring is 1. The maximum absolute atomic E-state index is 5.99. The number of hydrogen-bond donors (Lipinski definition) is 1. The highest BCUT2D eigenvalue weighted by Gasteiger charge is 2.34. The van der Waals surface area contributed by atoms with Gasteiger partial charge in [-0.3, -0.25) is 0 Å². The van der Waals surface area contributed by atoms with E-state index in [1.807, 2.05) is 0 Å². The summed E-state index contributed by atoms with van der Waals surface area (Å²) in [7, 11) is 1.78. The van der Waals surface area contributed by atoms with E-state index in [2.05, 4.69) is 9.27 Å². The number of methoxy groups -OCH3 is 1. The van der Waals surface area contributed by atoms with Crippen molar-refractivity contribution in [3.05, 3.63) is 5.56 Å². The third kappa shape index (κ3) is 2.13. The van der Waals surface area contributed by atoms with Crippen LogP contribution in [0.15, 0.2) is 0 Å². The van der Waals surface area contributed by atoms with Gasteiger partial charge >= 0.3 is 0 Å². The first-order chi connectivity index (χ1) is 8.29. The fraction of sp³-hybridized carbons (Fsp3) is 0.750. The summed E-state index contributed by atoms with van der Waals surface area (Å²) in [6.07, 6.45) is 3.78. The molecule has 1 aromatic rings. The van der Waals surface area contributed by atoms with Crippen LogP contribution >= 0.6 is 11.5 Å². The van der Waals surface area contributed by atoms with E-state index in [0.717, 1.165) is 25.5 Å². The van der Waals surface area contributed by atoms with Gasteiger partial charge in [-0.05, 0) is 36.7 Å². The fourth-order valence-corrected chi connectivity index (χ4v) is 3.61. The average molecular weight is 253 g/mol. The Bertz CT molecular complexity index is 402. The lowest BCUT2D eigenvalue weighted by molar-refractivity contribution is 0.161. The van der Waals surface area contributed by atoms with Gasteiger partial charge in [0, 0.05) is 31.7 Å². The summed E-state index contributed by atoms with van der Waals surface area (Å²) in [4.78, 5) is 2.45. The molecular formula is C12H19N3OS. The molecule has 2 N–H and O–H groups in total. The van der Waals surface area contributed by atoms with Gasteiger partial charge in [-0.1, -0.05) is 0 Å². The number of aromatic nitrogens is 1. The second kappa shape index (κ2) is 4.46. The Morgan fingerprint density at radius 2 is 2.29 bits per heavy atom. The van der Waals surface area contributed by atoms with Crippen LogP contribution in [0.25, 0.3) is 0 Å². The second-order valence-corrected chi connectivity index (χ2v) is 5.87. The molecule has 0 aromatic carbocycles. The van der Waals surface area contributed by atoms with Crippen molar-refractivity contribution in [2.24, 2.45) is 5.92 Å². The van der Waals surface area contributed by atoms with Crippen molar-refractivity contribution >= 4 is 22.4 Å². The summed E-state index contributed by atoms with van der Waals surface area (Å²) in [6.45, 7) is 3.08. The zero-order chi connectivity index (χ0) is 11.8. The van der Waals surface area contributed by atoms with E-state index in [0.29, 0.717) is 11.8 Å². The summed E-state index contributed by atoms with van der Waals surface area (Å²) in [5, 5.41) is 1.32. The first-order valence-electron chi connectivity index (χ1n) is 6.28. The number of rotatable bonds is 4. The predicted molar refractivity (Wildman–Crippen MR) is 70.7 cm³/mol. The van der Waals surface area contributed by atoms with E-state index in [1.165, 1.54) is 29.8 Å². The predicted octanol–water partition coefficient (Wildman–Crippen LogP) is 2.08. The zero-order valence-electron chi connectivity index (χ0n) is 10.2. The molecular weight excluding hydrogens is 234 g/mol. The van der Waals surface area contributed by atoms with Crippen molar-refractivity contribution in [3.63, 3.8) is 0 Å². The van der Waals surface area contributed by atoms with Crippen LogP contribution in [-0.4, -0.2) is 31.2 Å². The van der Waals surface area contributed by atoms with Crippen LogP contribution in [-0.2, 0) is 4.74 Å². The molecule has 1 saturated heterocycles. The number of hydrogen-bond acceptors (Lipinski definition) is 5. The lowest BCUT2D eigenvalue weighted by Gasteiger charge is -2.17. The topological polar surface area (TPSA) is 51.4 Å². The van der Waals surface area contributed by atoms with E-state index >= 15 is 0 Å². The number of ether oxygens (including phenoxy) is 1. The van der Waals surface area contributed by atoms with Crippen molar-refractivity contribution < 1.29 is 4.74 Å². The Morgan fingerprint density at radius 1 is 1.47 bits per heavy atom. The molecule has 0 amide bonds. The van der Waals surface area contributed by atoms with Gasteiger partial charge in [0.2, 0.25) is 0 Å². The minimum atomic E-state index is 0.662. The van der Waals surface area contributed by atoms with Crippen LogP contribution in [0, 0.1) is 5.92 Å². The summed E-state index contributed by atoms with van der Waals surface area (Å²) in [5.74, 6) is 2.11. The summed E-state index contributed by atoms with van der Waals surface area (Å²) < 4.78 is 9.58. The van der Waals surface area contributed by atoms with E-state index in [1.54, 1.807) is 18.6 Å². The van der Waals surface area contributed by atoms with Gasteiger partial charge < -0.3 is 15.4 Å². The monoisotopic (exact) mass is 253 g/mol. The number of nitrogens with two attached hydrogens (primary N) is 1. The molecule has 4 nitrogen and oxygen atoms in total. The molecule has 5 heteroatoms. The van der Waals surface area contributed by atoms with Gasteiger partial charge in [0.1, 0.15) is 10.8 Å². The molecule has 1 aliphatic carbocycles. The SMILES string of the molecule is COCC1CCN(c2snc(N)c2C2CC2)C1. The lowest BCUT2D eigenvalue weighted by Crippen LogP contribution is -2.21. The van der Waals surface area contributed by atoms with Gasteiger partial charge in [0.25, 0.3) is 0 Å². The molecule has 0 bridgehead atoms. The Kier molecular flexibility index (Phi) is 2.96. The Hall–Kier alpha value is -0.810. The molecule has 1 unspecified atom stereocenters. The Balaban J connectivity index is 1.76. The highest BCUT2D eigenvalue weighted by Crippen LogP contribution is 2.49. The van der Waals surface area contributed by atoms with Crippen LogP contribution in [0.4, 0.5) is 10.8 Å². The molecule has 1 aromatic heterocycles. The molecule has 2 aliphatic rings. The van der Waals surface area contributed by atoms with Gasteiger partial charge in [-0.2, -0.15) is 4.37 Å². The lowest BCUT2D eigenvalue weighted by atomic mass is 10.1. The number of nitrogens with zero attached hydrogens (tertiary/aromatic N) is 2. The fourth-order valence-electron chi connectivity index (χ4n) is 2.67.